The van der Waals surface area contributed by atoms with Gasteiger partial charge < -0.3 is 5.32 Å². The van der Waals surface area contributed by atoms with Crippen LogP contribution >= 0.6 is 0 Å². The van der Waals surface area contributed by atoms with Gasteiger partial charge in [-0.05, 0) is 44.0 Å². The van der Waals surface area contributed by atoms with Crippen LogP contribution in [0.5, 0.6) is 0 Å². The number of nitrogens with zero attached hydrogens (tertiary/aromatic N) is 3. The summed E-state index contributed by atoms with van der Waals surface area (Å²) in [5, 5.41) is 2.68. The van der Waals surface area contributed by atoms with Gasteiger partial charge in [-0.1, -0.05) is 6.42 Å². The lowest BCUT2D eigenvalue weighted by atomic mass is 10.1. The highest BCUT2D eigenvalue weighted by atomic mass is 32.2. The second kappa shape index (κ2) is 7.28. The molecule has 25 heavy (non-hydrogen) atoms. The number of sulfonamides is 1. The van der Waals surface area contributed by atoms with E-state index in [-0.39, 0.29) is 16.6 Å². The van der Waals surface area contributed by atoms with E-state index in [1.807, 2.05) is 6.92 Å². The summed E-state index contributed by atoms with van der Waals surface area (Å²) in [5.41, 5.74) is 0.697. The van der Waals surface area contributed by atoms with Crippen molar-refractivity contribution >= 4 is 21.6 Å². The van der Waals surface area contributed by atoms with Gasteiger partial charge in [-0.3, -0.25) is 9.78 Å². The molecule has 1 aliphatic rings. The molecule has 8 heteroatoms. The van der Waals surface area contributed by atoms with Crippen molar-refractivity contribution in [3.8, 4) is 0 Å². The molecule has 1 aromatic heterocycles. The average molecular weight is 360 g/mol. The second-order valence-corrected chi connectivity index (χ2v) is 7.92. The number of carbonyl (C=O) groups is 1. The quantitative estimate of drug-likeness (QED) is 0.903. The number of aromatic nitrogens is 2. The van der Waals surface area contributed by atoms with E-state index in [0.29, 0.717) is 12.2 Å². The molecule has 0 bridgehead atoms. The number of nitrogens with one attached hydrogen (secondary N) is 1. The van der Waals surface area contributed by atoms with Crippen LogP contribution in [0.15, 0.2) is 47.8 Å². The molecule has 1 fully saturated rings. The molecule has 1 N–H and O–H groups in total. The lowest BCUT2D eigenvalue weighted by molar-refractivity contribution is 0.102. The molecule has 7 nitrogen and oxygen atoms in total. The molecule has 132 valence electrons. The number of rotatable bonds is 4. The zero-order valence-electron chi connectivity index (χ0n) is 13.9. The first kappa shape index (κ1) is 17.5. The van der Waals surface area contributed by atoms with Crippen LogP contribution in [0.2, 0.25) is 0 Å². The molecule has 2 heterocycles. The maximum atomic E-state index is 12.8. The summed E-state index contributed by atoms with van der Waals surface area (Å²) in [5.74, 6) is -0.395. The highest BCUT2D eigenvalue weighted by Gasteiger charge is 2.30. The van der Waals surface area contributed by atoms with Gasteiger partial charge in [0.2, 0.25) is 10.0 Å². The maximum absolute atomic E-state index is 12.8. The Hall–Kier alpha value is -2.32. The molecule has 3 rings (SSSR count). The van der Waals surface area contributed by atoms with Crippen LogP contribution in [0.4, 0.5) is 5.69 Å². The van der Waals surface area contributed by atoms with Crippen LogP contribution in [0.25, 0.3) is 0 Å². The SMILES string of the molecule is C[C@@H]1CCCCN1S(=O)(=O)c1ccc(NC(=O)c2cnccn2)cc1. The minimum atomic E-state index is -3.51. The number of carbonyl (C=O) groups excluding carboxylic acids is 1. The molecule has 0 aliphatic carbocycles. The van der Waals surface area contributed by atoms with Crippen molar-refractivity contribution < 1.29 is 13.2 Å². The Morgan fingerprint density at radius 3 is 2.60 bits per heavy atom. The van der Waals surface area contributed by atoms with Crippen molar-refractivity contribution in [1.82, 2.24) is 14.3 Å². The second-order valence-electron chi connectivity index (χ2n) is 6.03. The fourth-order valence-corrected chi connectivity index (χ4v) is 4.59. The van der Waals surface area contributed by atoms with Gasteiger partial charge in [0.05, 0.1) is 11.1 Å². The number of piperidine rings is 1. The minimum absolute atomic E-state index is 0.00906. The van der Waals surface area contributed by atoms with Crippen molar-refractivity contribution in [3.63, 3.8) is 0 Å². The fraction of sp³-hybridized carbons (Fsp3) is 0.353. The predicted octanol–water partition coefficient (Wildman–Crippen LogP) is 2.29. The number of hydrogen-bond acceptors (Lipinski definition) is 5. The zero-order chi connectivity index (χ0) is 17.9. The normalized spacial score (nSPS) is 18.7. The summed E-state index contributed by atoms with van der Waals surface area (Å²) >= 11 is 0. The van der Waals surface area contributed by atoms with E-state index >= 15 is 0 Å². The fourth-order valence-electron chi connectivity index (χ4n) is 2.89. The lowest BCUT2D eigenvalue weighted by Crippen LogP contribution is -2.41. The first-order chi connectivity index (χ1) is 12.0. The van der Waals surface area contributed by atoms with Crippen LogP contribution in [-0.4, -0.2) is 41.2 Å². The number of hydrogen-bond donors (Lipinski definition) is 1. The summed E-state index contributed by atoms with van der Waals surface area (Å²) in [4.78, 5) is 20.0. The van der Waals surface area contributed by atoms with Crippen LogP contribution in [0.1, 0.15) is 36.7 Å². The standard InChI is InChI=1S/C17H20N4O3S/c1-13-4-2-3-11-21(13)25(23,24)15-7-5-14(6-8-15)20-17(22)16-12-18-9-10-19-16/h5-10,12-13H,2-4,11H2,1H3,(H,20,22)/t13-/m1/s1. The Morgan fingerprint density at radius 2 is 1.96 bits per heavy atom. The lowest BCUT2D eigenvalue weighted by Gasteiger charge is -2.32. The smallest absolute Gasteiger partial charge is 0.275 e. The monoisotopic (exact) mass is 360 g/mol. The molecular weight excluding hydrogens is 340 g/mol. The number of amides is 1. The van der Waals surface area contributed by atoms with E-state index < -0.39 is 15.9 Å². The van der Waals surface area contributed by atoms with Gasteiger partial charge in [0.15, 0.2) is 0 Å². The summed E-state index contributed by atoms with van der Waals surface area (Å²) in [6.07, 6.45) is 7.11. The number of benzene rings is 1. The Balaban J connectivity index is 1.74. The highest BCUT2D eigenvalue weighted by molar-refractivity contribution is 7.89. The molecule has 1 aliphatic heterocycles. The van der Waals surface area contributed by atoms with E-state index in [9.17, 15) is 13.2 Å². The first-order valence-electron chi connectivity index (χ1n) is 8.18. The van der Waals surface area contributed by atoms with Crippen molar-refractivity contribution in [2.75, 3.05) is 11.9 Å². The molecule has 0 saturated carbocycles. The molecular formula is C17H20N4O3S. The third-order valence-corrected chi connectivity index (χ3v) is 6.28. The summed E-state index contributed by atoms with van der Waals surface area (Å²) in [6.45, 7) is 2.49. The summed E-state index contributed by atoms with van der Waals surface area (Å²) < 4.78 is 27.1. The van der Waals surface area contributed by atoms with E-state index in [0.717, 1.165) is 19.3 Å². The van der Waals surface area contributed by atoms with Gasteiger partial charge in [0, 0.05) is 30.7 Å². The molecule has 1 saturated heterocycles. The third kappa shape index (κ3) is 3.85. The van der Waals surface area contributed by atoms with Gasteiger partial charge >= 0.3 is 0 Å². The average Bonchev–Trinajstić information content (AvgIpc) is 2.63. The van der Waals surface area contributed by atoms with Crippen LogP contribution < -0.4 is 5.32 Å². The molecule has 2 aromatic rings. The van der Waals surface area contributed by atoms with Gasteiger partial charge in [0.25, 0.3) is 5.91 Å². The van der Waals surface area contributed by atoms with Crippen LogP contribution in [-0.2, 0) is 10.0 Å². The first-order valence-corrected chi connectivity index (χ1v) is 9.62. The van der Waals surface area contributed by atoms with Crippen LogP contribution in [0, 0.1) is 0 Å². The Labute approximate surface area is 147 Å². The van der Waals surface area contributed by atoms with Crippen molar-refractivity contribution in [3.05, 3.63) is 48.5 Å². The molecule has 1 aromatic carbocycles. The molecule has 1 atom stereocenters. The zero-order valence-corrected chi connectivity index (χ0v) is 14.7. The van der Waals surface area contributed by atoms with Crippen molar-refractivity contribution in [1.29, 1.82) is 0 Å². The van der Waals surface area contributed by atoms with Crippen molar-refractivity contribution in [2.45, 2.75) is 37.1 Å². The Bertz CT molecular complexity index is 838. The van der Waals surface area contributed by atoms with E-state index in [1.54, 1.807) is 16.4 Å². The Kier molecular flexibility index (Phi) is 5.10. The largest absolute Gasteiger partial charge is 0.321 e. The predicted molar refractivity (Wildman–Crippen MR) is 93.6 cm³/mol. The van der Waals surface area contributed by atoms with Gasteiger partial charge in [-0.15, -0.1) is 0 Å². The third-order valence-electron chi connectivity index (χ3n) is 4.26. The molecule has 0 unspecified atom stereocenters. The van der Waals surface area contributed by atoms with Gasteiger partial charge in [-0.25, -0.2) is 13.4 Å². The van der Waals surface area contributed by atoms with Gasteiger partial charge in [-0.2, -0.15) is 4.31 Å². The maximum Gasteiger partial charge on any atom is 0.275 e. The highest BCUT2D eigenvalue weighted by Crippen LogP contribution is 2.25. The van der Waals surface area contributed by atoms with Crippen molar-refractivity contribution in [2.24, 2.45) is 0 Å². The molecule has 0 spiro atoms. The van der Waals surface area contributed by atoms with E-state index in [1.165, 1.54) is 30.7 Å². The Morgan fingerprint density at radius 1 is 1.20 bits per heavy atom. The van der Waals surface area contributed by atoms with E-state index in [4.69, 9.17) is 0 Å². The van der Waals surface area contributed by atoms with Crippen LogP contribution in [0.3, 0.4) is 0 Å². The summed E-state index contributed by atoms with van der Waals surface area (Å²) in [7, 11) is -3.51. The topological polar surface area (TPSA) is 92.3 Å². The molecule has 1 amide bonds. The molecule has 0 radical (unpaired) electrons. The van der Waals surface area contributed by atoms with Gasteiger partial charge in [0.1, 0.15) is 5.69 Å². The van der Waals surface area contributed by atoms with E-state index in [2.05, 4.69) is 15.3 Å². The minimum Gasteiger partial charge on any atom is -0.321 e. The number of anilines is 1. The summed E-state index contributed by atoms with van der Waals surface area (Å²) in [6, 6.07) is 6.20.